The van der Waals surface area contributed by atoms with Gasteiger partial charge in [0.05, 0.1) is 5.75 Å². The third-order valence-corrected chi connectivity index (χ3v) is 6.93. The summed E-state index contributed by atoms with van der Waals surface area (Å²) in [4.78, 5) is 29.1. The Morgan fingerprint density at radius 3 is 2.39 bits per heavy atom. The summed E-state index contributed by atoms with van der Waals surface area (Å²) >= 11 is 1.65. The molecule has 2 aliphatic rings. The number of hydrogen-bond acceptors (Lipinski definition) is 3. The van der Waals surface area contributed by atoms with Crippen molar-refractivity contribution in [1.29, 1.82) is 0 Å². The number of carbonyl (C=O) groups excluding carboxylic acids is 2. The molecule has 2 fully saturated rings. The molecule has 2 saturated heterocycles. The lowest BCUT2D eigenvalue weighted by atomic mass is 9.98. The Balaban J connectivity index is 1.46. The molecule has 0 aliphatic carbocycles. The maximum Gasteiger partial charge on any atom is 0.253 e. The highest BCUT2D eigenvalue weighted by Crippen LogP contribution is 2.39. The first kappa shape index (κ1) is 19.1. The van der Waals surface area contributed by atoms with Crippen molar-refractivity contribution in [1.82, 2.24) is 9.80 Å². The Hall–Kier alpha value is -2.27. The molecule has 0 N–H and O–H groups in total. The van der Waals surface area contributed by atoms with Gasteiger partial charge in [0, 0.05) is 25.2 Å². The summed E-state index contributed by atoms with van der Waals surface area (Å²) in [7, 11) is 0. The van der Waals surface area contributed by atoms with E-state index < -0.39 is 0 Å². The fourth-order valence-corrected chi connectivity index (χ4v) is 5.05. The van der Waals surface area contributed by atoms with E-state index in [1.54, 1.807) is 11.8 Å². The Morgan fingerprint density at radius 2 is 1.71 bits per heavy atom. The van der Waals surface area contributed by atoms with Gasteiger partial charge < -0.3 is 9.80 Å². The van der Waals surface area contributed by atoms with Crippen LogP contribution in [0.4, 0.5) is 0 Å². The predicted octanol–water partition coefficient (Wildman–Crippen LogP) is 4.33. The summed E-state index contributed by atoms with van der Waals surface area (Å²) in [6.45, 7) is 4.56. The molecule has 0 unspecified atom stereocenters. The monoisotopic (exact) mass is 394 g/mol. The van der Waals surface area contributed by atoms with Crippen LogP contribution in [0.3, 0.4) is 0 Å². The van der Waals surface area contributed by atoms with Gasteiger partial charge in [-0.1, -0.05) is 49.4 Å². The SMILES string of the molecule is CC1CCN(C(=O)c2ccc([C@H]3SCC(=O)N3Cc3ccccc3)cc2)CC1. The fraction of sp³-hybridized carbons (Fsp3) is 0.391. The molecule has 0 spiro atoms. The standard InChI is InChI=1S/C23H26N2O2S/c1-17-11-13-24(14-12-17)22(27)19-7-9-20(10-8-19)23-25(21(26)16-28-23)15-18-5-3-2-4-6-18/h2-10,17,23H,11-16H2,1H3/t23-/m1/s1. The normalized spacial score (nSPS) is 20.6. The van der Waals surface area contributed by atoms with E-state index in [0.717, 1.165) is 42.6 Å². The zero-order valence-electron chi connectivity index (χ0n) is 16.2. The van der Waals surface area contributed by atoms with Crippen molar-refractivity contribution in [2.24, 2.45) is 5.92 Å². The van der Waals surface area contributed by atoms with Crippen molar-refractivity contribution in [2.75, 3.05) is 18.8 Å². The van der Waals surface area contributed by atoms with E-state index in [4.69, 9.17) is 0 Å². The Labute approximate surface area is 170 Å². The van der Waals surface area contributed by atoms with Crippen LogP contribution in [0.5, 0.6) is 0 Å². The number of carbonyl (C=O) groups is 2. The molecule has 28 heavy (non-hydrogen) atoms. The summed E-state index contributed by atoms with van der Waals surface area (Å²) in [5.41, 5.74) is 2.95. The molecular weight excluding hydrogens is 368 g/mol. The van der Waals surface area contributed by atoms with Crippen molar-refractivity contribution in [3.05, 3.63) is 71.3 Å². The van der Waals surface area contributed by atoms with Crippen molar-refractivity contribution < 1.29 is 9.59 Å². The van der Waals surface area contributed by atoms with Gasteiger partial charge in [0.25, 0.3) is 5.91 Å². The quantitative estimate of drug-likeness (QED) is 0.775. The second-order valence-corrected chi connectivity index (χ2v) is 8.84. The van der Waals surface area contributed by atoms with Crippen LogP contribution in [0.1, 0.15) is 46.6 Å². The zero-order chi connectivity index (χ0) is 19.5. The molecule has 0 saturated carbocycles. The van der Waals surface area contributed by atoms with Crippen LogP contribution in [0.15, 0.2) is 54.6 Å². The van der Waals surface area contributed by atoms with Crippen LogP contribution >= 0.6 is 11.8 Å². The van der Waals surface area contributed by atoms with Gasteiger partial charge in [0.1, 0.15) is 5.37 Å². The topological polar surface area (TPSA) is 40.6 Å². The third kappa shape index (κ3) is 4.09. The first-order chi connectivity index (χ1) is 13.6. The first-order valence-electron chi connectivity index (χ1n) is 9.96. The molecule has 1 atom stereocenters. The van der Waals surface area contributed by atoms with Crippen molar-refractivity contribution in [3.63, 3.8) is 0 Å². The van der Waals surface area contributed by atoms with Crippen LogP contribution in [-0.2, 0) is 11.3 Å². The van der Waals surface area contributed by atoms with Gasteiger partial charge in [-0.15, -0.1) is 11.8 Å². The van der Waals surface area contributed by atoms with Gasteiger partial charge in [-0.2, -0.15) is 0 Å². The number of hydrogen-bond donors (Lipinski definition) is 0. The van der Waals surface area contributed by atoms with Crippen molar-refractivity contribution in [3.8, 4) is 0 Å². The minimum atomic E-state index is 0.00712. The predicted molar refractivity (Wildman–Crippen MR) is 113 cm³/mol. The lowest BCUT2D eigenvalue weighted by molar-refractivity contribution is -0.128. The van der Waals surface area contributed by atoms with Crippen LogP contribution in [0, 0.1) is 5.92 Å². The van der Waals surface area contributed by atoms with Gasteiger partial charge >= 0.3 is 0 Å². The molecule has 4 nitrogen and oxygen atoms in total. The molecule has 146 valence electrons. The second-order valence-electron chi connectivity index (χ2n) is 7.77. The summed E-state index contributed by atoms with van der Waals surface area (Å²) in [5.74, 6) is 1.50. The molecule has 2 aromatic carbocycles. The summed E-state index contributed by atoms with van der Waals surface area (Å²) in [6.07, 6.45) is 2.16. The molecule has 2 heterocycles. The fourth-order valence-electron chi connectivity index (χ4n) is 3.87. The smallest absolute Gasteiger partial charge is 0.253 e. The Kier molecular flexibility index (Phi) is 5.72. The molecule has 0 aromatic heterocycles. The second kappa shape index (κ2) is 8.39. The van der Waals surface area contributed by atoms with Gasteiger partial charge in [-0.25, -0.2) is 0 Å². The Morgan fingerprint density at radius 1 is 1.04 bits per heavy atom. The summed E-state index contributed by atoms with van der Waals surface area (Å²) in [5, 5.41) is 0.00712. The van der Waals surface area contributed by atoms with E-state index in [2.05, 4.69) is 19.1 Å². The number of amides is 2. The van der Waals surface area contributed by atoms with Gasteiger partial charge in [0.2, 0.25) is 5.91 Å². The summed E-state index contributed by atoms with van der Waals surface area (Å²) in [6, 6.07) is 17.9. The largest absolute Gasteiger partial charge is 0.339 e. The van der Waals surface area contributed by atoms with Crippen molar-refractivity contribution >= 4 is 23.6 Å². The van der Waals surface area contributed by atoms with E-state index in [1.807, 2.05) is 52.3 Å². The molecule has 0 radical (unpaired) electrons. The zero-order valence-corrected chi connectivity index (χ0v) is 17.0. The molecule has 0 bridgehead atoms. The molecule has 5 heteroatoms. The number of piperidine rings is 1. The average molecular weight is 395 g/mol. The molecule has 2 aromatic rings. The van der Waals surface area contributed by atoms with E-state index in [1.165, 1.54) is 0 Å². The minimum Gasteiger partial charge on any atom is -0.339 e. The highest BCUT2D eigenvalue weighted by molar-refractivity contribution is 8.00. The number of rotatable bonds is 4. The maximum atomic E-state index is 12.8. The van der Waals surface area contributed by atoms with E-state index in [9.17, 15) is 9.59 Å². The molecule has 2 amide bonds. The summed E-state index contributed by atoms with van der Waals surface area (Å²) < 4.78 is 0. The Bertz CT molecular complexity index is 829. The first-order valence-corrected chi connectivity index (χ1v) is 11.0. The van der Waals surface area contributed by atoms with Crippen LogP contribution in [-0.4, -0.2) is 40.5 Å². The minimum absolute atomic E-state index is 0.00712. The molecule has 4 rings (SSSR count). The van der Waals surface area contributed by atoms with Gasteiger partial charge in [0.15, 0.2) is 0 Å². The van der Waals surface area contributed by atoms with Gasteiger partial charge in [-0.05, 0) is 42.0 Å². The third-order valence-electron chi connectivity index (χ3n) is 5.68. The lowest BCUT2D eigenvalue weighted by Gasteiger charge is -2.30. The van der Waals surface area contributed by atoms with Crippen LogP contribution in [0.2, 0.25) is 0 Å². The highest BCUT2D eigenvalue weighted by Gasteiger charge is 2.33. The number of nitrogens with zero attached hydrogens (tertiary/aromatic N) is 2. The lowest BCUT2D eigenvalue weighted by Crippen LogP contribution is -2.37. The van der Waals surface area contributed by atoms with E-state index in [-0.39, 0.29) is 17.2 Å². The average Bonchev–Trinajstić information content (AvgIpc) is 3.09. The van der Waals surface area contributed by atoms with Crippen LogP contribution in [0.25, 0.3) is 0 Å². The van der Waals surface area contributed by atoms with Crippen LogP contribution < -0.4 is 0 Å². The van der Waals surface area contributed by atoms with Crippen molar-refractivity contribution in [2.45, 2.75) is 31.7 Å². The number of thioether (sulfide) groups is 1. The van der Waals surface area contributed by atoms with E-state index in [0.29, 0.717) is 18.2 Å². The molecular formula is C23H26N2O2S. The number of likely N-dealkylation sites (tertiary alicyclic amines) is 1. The van der Waals surface area contributed by atoms with Gasteiger partial charge in [-0.3, -0.25) is 9.59 Å². The molecule has 2 aliphatic heterocycles. The van der Waals surface area contributed by atoms with E-state index >= 15 is 0 Å². The number of benzene rings is 2. The maximum absolute atomic E-state index is 12.8. The highest BCUT2D eigenvalue weighted by atomic mass is 32.2.